The van der Waals surface area contributed by atoms with E-state index < -0.39 is 38.6 Å². The Morgan fingerprint density at radius 2 is 2.16 bits per heavy atom. The number of nitrogens with zero attached hydrogens (tertiary/aromatic N) is 2. The molecular weight excluding hydrogens is 525 g/mol. The number of aromatic nitrogens is 2. The minimum absolute atomic E-state index is 0.244. The molecule has 0 saturated heterocycles. The third-order valence-electron chi connectivity index (χ3n) is 4.40. The first-order valence-corrected chi connectivity index (χ1v) is 11.4. The molecule has 0 spiro atoms. The van der Waals surface area contributed by atoms with Gasteiger partial charge >= 0.3 is 176 Å². The van der Waals surface area contributed by atoms with Gasteiger partial charge in [-0.25, -0.2) is 0 Å². The van der Waals surface area contributed by atoms with E-state index in [9.17, 15) is 19.5 Å². The Labute approximate surface area is 194 Å². The number of amides is 1. The molecule has 0 aliphatic rings. The maximum absolute atomic E-state index is 12.9. The van der Waals surface area contributed by atoms with Crippen LogP contribution in [0.5, 0.6) is 5.75 Å². The van der Waals surface area contributed by atoms with E-state index in [0.717, 1.165) is 0 Å². The van der Waals surface area contributed by atoms with Crippen LogP contribution < -0.4 is 32.4 Å². The first-order valence-electron chi connectivity index (χ1n) is 9.40. The fourth-order valence-electron chi connectivity index (χ4n) is 2.93. The summed E-state index contributed by atoms with van der Waals surface area (Å²) in [5.41, 5.74) is 0.187. The molecule has 3 rings (SSSR count). The molecule has 0 radical (unpaired) electrons. The molecule has 0 unspecified atom stereocenters. The van der Waals surface area contributed by atoms with Crippen molar-refractivity contribution in [2.45, 2.75) is 0 Å². The van der Waals surface area contributed by atoms with E-state index in [2.05, 4.69) is 14.2 Å². The Balaban J connectivity index is 1.93. The van der Waals surface area contributed by atoms with Crippen LogP contribution in [0.4, 0.5) is 0 Å². The van der Waals surface area contributed by atoms with Gasteiger partial charge in [0.05, 0.1) is 6.61 Å². The van der Waals surface area contributed by atoms with E-state index in [4.69, 9.17) is 11.2 Å². The Kier molecular flexibility index (Phi) is 7.75. The number of aromatic hydroxyl groups is 1. The predicted octanol–water partition coefficient (Wildman–Crippen LogP) is -1.18. The summed E-state index contributed by atoms with van der Waals surface area (Å²) in [7, 11) is 1.54. The van der Waals surface area contributed by atoms with Crippen molar-refractivity contribution in [3.8, 4) is 16.1 Å². The van der Waals surface area contributed by atoms with Gasteiger partial charge in [0.1, 0.15) is 0 Å². The molecule has 0 saturated carbocycles. The third kappa shape index (κ3) is 5.04. The van der Waals surface area contributed by atoms with E-state index in [1.165, 1.54) is 21.1 Å². The number of fused-ring (bicyclic) bond motifs is 1. The Hall–Kier alpha value is -3.49. The molecule has 164 valence electrons. The summed E-state index contributed by atoms with van der Waals surface area (Å²) >= 11 is -1.19. The van der Waals surface area contributed by atoms with Crippen molar-refractivity contribution in [3.63, 3.8) is 0 Å². The van der Waals surface area contributed by atoms with Gasteiger partial charge in [-0.2, -0.15) is 0 Å². The van der Waals surface area contributed by atoms with E-state index in [0.29, 0.717) is 24.3 Å². The normalized spacial score (nSPS) is 11.0. The van der Waals surface area contributed by atoms with Crippen molar-refractivity contribution in [2.24, 2.45) is 0 Å². The van der Waals surface area contributed by atoms with Gasteiger partial charge in [-0.1, -0.05) is 0 Å². The molecular formula is C23H19IN3O5-. The number of pyridine rings is 2. The number of ketones is 1. The zero-order valence-corrected chi connectivity index (χ0v) is 19.2. The molecule has 1 amide bonds. The Morgan fingerprint density at radius 3 is 2.91 bits per heavy atom. The molecule has 3 aromatic rings. The van der Waals surface area contributed by atoms with Gasteiger partial charge in [-0.05, 0) is 0 Å². The van der Waals surface area contributed by atoms with Crippen LogP contribution in [-0.2, 0) is 4.74 Å². The van der Waals surface area contributed by atoms with Crippen LogP contribution in [0, 0.1) is 10.4 Å². The summed E-state index contributed by atoms with van der Waals surface area (Å²) in [6.45, 7) is 0.765. The van der Waals surface area contributed by atoms with E-state index in [1.807, 2.05) is 0 Å². The van der Waals surface area contributed by atoms with Gasteiger partial charge in [0, 0.05) is 7.11 Å². The number of terminal acetylenes is 1. The average Bonchev–Trinajstić information content (AvgIpc) is 2.81. The first kappa shape index (κ1) is 23.2. The summed E-state index contributed by atoms with van der Waals surface area (Å²) in [6.07, 6.45) is 9.54. The molecule has 1 aromatic carbocycles. The number of benzene rings is 1. The molecule has 32 heavy (non-hydrogen) atoms. The quantitative estimate of drug-likeness (QED) is 0.122. The van der Waals surface area contributed by atoms with E-state index in [1.54, 1.807) is 43.5 Å². The second-order valence-electron chi connectivity index (χ2n) is 6.45. The first-order chi connectivity index (χ1) is 15.5. The van der Waals surface area contributed by atoms with Gasteiger partial charge in [0.2, 0.25) is 0 Å². The van der Waals surface area contributed by atoms with Gasteiger partial charge < -0.3 is 4.74 Å². The molecule has 0 bridgehead atoms. The van der Waals surface area contributed by atoms with Crippen molar-refractivity contribution >= 4 is 28.8 Å². The fourth-order valence-corrected chi connectivity index (χ4v) is 4.28. The number of methoxy groups -OCH3 is 1. The Morgan fingerprint density at radius 1 is 1.34 bits per heavy atom. The molecule has 0 aliphatic heterocycles. The summed E-state index contributed by atoms with van der Waals surface area (Å²) in [5, 5.41) is 13.6. The SMILES string of the molecule is C#C[I-]n1c(=O)c(C(=O)/C=C/c2cccc(C(=O)NCCOC)c2)c(O)c2cccnc21. The van der Waals surface area contributed by atoms with E-state index in [-0.39, 0.29) is 22.5 Å². The zero-order chi connectivity index (χ0) is 23.1. The van der Waals surface area contributed by atoms with Gasteiger partial charge in [-0.3, -0.25) is 0 Å². The van der Waals surface area contributed by atoms with Gasteiger partial charge in [-0.15, -0.1) is 0 Å². The van der Waals surface area contributed by atoms with Crippen molar-refractivity contribution in [3.05, 3.63) is 75.7 Å². The van der Waals surface area contributed by atoms with Crippen molar-refractivity contribution < 1.29 is 40.9 Å². The van der Waals surface area contributed by atoms with Gasteiger partial charge in [0.15, 0.2) is 0 Å². The van der Waals surface area contributed by atoms with Crippen molar-refractivity contribution in [1.29, 1.82) is 0 Å². The maximum atomic E-state index is 12.9. The standard InChI is InChI=1S/C23H19IN3O5/c1-3-24-27-21-17(8-5-11-25-21)20(29)19(23(27)31)18(28)10-9-15-6-4-7-16(14-15)22(30)26-12-13-32-2/h1,4-11,14,29H,12-13H2,2H3,(H,26,30)/q-1/b10-9+. The summed E-state index contributed by atoms with van der Waals surface area (Å²) in [6, 6.07) is 9.81. The third-order valence-corrected chi connectivity index (χ3v) is 6.06. The molecule has 2 N–H and O–H groups in total. The van der Waals surface area contributed by atoms with Crippen LogP contribution in [-0.4, -0.2) is 44.8 Å². The number of nitrogens with one attached hydrogen (secondary N) is 1. The van der Waals surface area contributed by atoms with Crippen LogP contribution in [0.25, 0.3) is 17.1 Å². The molecule has 8 nitrogen and oxygen atoms in total. The zero-order valence-electron chi connectivity index (χ0n) is 17.0. The summed E-state index contributed by atoms with van der Waals surface area (Å²) < 4.78 is 8.65. The Bertz CT molecular complexity index is 1310. The van der Waals surface area contributed by atoms with Crippen LogP contribution in [0.2, 0.25) is 0 Å². The molecule has 2 aromatic heterocycles. The van der Waals surface area contributed by atoms with Crippen molar-refractivity contribution in [2.75, 3.05) is 20.3 Å². The number of carbonyl (C=O) groups excluding carboxylic acids is 2. The van der Waals surface area contributed by atoms with Gasteiger partial charge in [0.25, 0.3) is 0 Å². The van der Waals surface area contributed by atoms with Crippen LogP contribution in [0.3, 0.4) is 0 Å². The van der Waals surface area contributed by atoms with Crippen molar-refractivity contribution in [1.82, 2.24) is 13.1 Å². The second kappa shape index (κ2) is 10.7. The van der Waals surface area contributed by atoms with Crippen LogP contribution in [0.1, 0.15) is 26.3 Å². The average molecular weight is 544 g/mol. The van der Waals surface area contributed by atoms with Crippen LogP contribution >= 0.6 is 0 Å². The number of ether oxygens (including phenoxy) is 1. The van der Waals surface area contributed by atoms with E-state index >= 15 is 0 Å². The predicted molar refractivity (Wildman–Crippen MR) is 116 cm³/mol. The summed E-state index contributed by atoms with van der Waals surface area (Å²) in [5.74, 6) is -1.39. The minimum atomic E-state index is -1.19. The topological polar surface area (TPSA) is 111 Å². The summed E-state index contributed by atoms with van der Waals surface area (Å²) in [4.78, 5) is 42.1. The second-order valence-corrected chi connectivity index (χ2v) is 8.52. The number of hydrogen-bond donors (Lipinski definition) is 2. The molecule has 0 aliphatic carbocycles. The number of halogens is 1. The molecule has 0 atom stereocenters. The van der Waals surface area contributed by atoms with Crippen LogP contribution in [0.15, 0.2) is 53.5 Å². The number of rotatable bonds is 8. The monoisotopic (exact) mass is 544 g/mol. The molecule has 2 heterocycles. The number of carbonyl (C=O) groups is 2. The molecule has 9 heteroatoms. The number of allylic oxidation sites excluding steroid dienone is 1. The fraction of sp³-hybridized carbons (Fsp3) is 0.130. The number of hydrogen-bond acceptors (Lipinski definition) is 6. The molecule has 0 fully saturated rings.